The van der Waals surface area contributed by atoms with Gasteiger partial charge in [0.2, 0.25) is 10.0 Å². The molecule has 166 valence electrons. The second-order valence-electron chi connectivity index (χ2n) is 7.82. The van der Waals surface area contributed by atoms with Crippen molar-refractivity contribution >= 4 is 16.1 Å². The van der Waals surface area contributed by atoms with Crippen LogP contribution in [0.1, 0.15) is 35.6 Å². The van der Waals surface area contributed by atoms with Crippen molar-refractivity contribution in [2.24, 2.45) is 5.92 Å². The van der Waals surface area contributed by atoms with E-state index in [4.69, 9.17) is 9.47 Å². The van der Waals surface area contributed by atoms with Gasteiger partial charge in [-0.3, -0.25) is 0 Å². The SMILES string of the molecule is CNS(=O)(=O)Cc1ccc(CNC(=O)NC(c2ccc3c(c2)OCCO3)C2CC2)cc1. The molecule has 0 saturated heterocycles. The number of hydrogen-bond acceptors (Lipinski definition) is 5. The summed E-state index contributed by atoms with van der Waals surface area (Å²) in [6, 6.07) is 12.7. The smallest absolute Gasteiger partial charge is 0.315 e. The maximum absolute atomic E-state index is 12.5. The Hall–Kier alpha value is -2.78. The summed E-state index contributed by atoms with van der Waals surface area (Å²) in [5.74, 6) is 1.80. The number of fused-ring (bicyclic) bond motifs is 1. The van der Waals surface area contributed by atoms with Crippen LogP contribution in [0.4, 0.5) is 4.79 Å². The molecule has 1 atom stereocenters. The molecule has 4 rings (SSSR count). The van der Waals surface area contributed by atoms with Crippen molar-refractivity contribution in [3.05, 3.63) is 59.2 Å². The summed E-state index contributed by atoms with van der Waals surface area (Å²) in [6.07, 6.45) is 2.16. The number of amides is 2. The van der Waals surface area contributed by atoms with Gasteiger partial charge >= 0.3 is 6.03 Å². The van der Waals surface area contributed by atoms with Crippen molar-refractivity contribution in [3.8, 4) is 11.5 Å². The maximum atomic E-state index is 12.5. The molecule has 8 nitrogen and oxygen atoms in total. The third-order valence-electron chi connectivity index (χ3n) is 5.45. The van der Waals surface area contributed by atoms with Crippen LogP contribution < -0.4 is 24.8 Å². The molecule has 3 N–H and O–H groups in total. The third kappa shape index (κ3) is 5.68. The van der Waals surface area contributed by atoms with E-state index in [2.05, 4.69) is 15.4 Å². The van der Waals surface area contributed by atoms with E-state index in [1.807, 2.05) is 30.3 Å². The quantitative estimate of drug-likeness (QED) is 0.579. The summed E-state index contributed by atoms with van der Waals surface area (Å²) >= 11 is 0. The van der Waals surface area contributed by atoms with Gasteiger partial charge in [-0.05, 0) is 54.6 Å². The largest absolute Gasteiger partial charge is 0.486 e. The average molecular weight is 446 g/mol. The first-order valence-electron chi connectivity index (χ1n) is 10.4. The number of benzene rings is 2. The number of carbonyl (C=O) groups excluding carboxylic acids is 1. The summed E-state index contributed by atoms with van der Waals surface area (Å²) in [6.45, 7) is 1.42. The molecule has 2 amide bonds. The summed E-state index contributed by atoms with van der Waals surface area (Å²) < 4.78 is 36.8. The summed E-state index contributed by atoms with van der Waals surface area (Å²) in [4.78, 5) is 12.5. The van der Waals surface area contributed by atoms with Crippen molar-refractivity contribution in [2.75, 3.05) is 20.3 Å². The van der Waals surface area contributed by atoms with E-state index in [9.17, 15) is 13.2 Å². The number of hydrogen-bond donors (Lipinski definition) is 3. The number of nitrogens with one attached hydrogen (secondary N) is 3. The van der Waals surface area contributed by atoms with Crippen LogP contribution in [0.25, 0.3) is 0 Å². The van der Waals surface area contributed by atoms with Crippen molar-refractivity contribution in [2.45, 2.75) is 31.2 Å². The highest BCUT2D eigenvalue weighted by atomic mass is 32.2. The predicted octanol–water partition coefficient (Wildman–Crippen LogP) is 2.46. The first-order chi connectivity index (χ1) is 14.9. The zero-order valence-corrected chi connectivity index (χ0v) is 18.2. The van der Waals surface area contributed by atoms with Gasteiger partial charge < -0.3 is 20.1 Å². The van der Waals surface area contributed by atoms with E-state index in [1.54, 1.807) is 12.1 Å². The highest BCUT2D eigenvalue weighted by Crippen LogP contribution is 2.43. The first kappa shape index (κ1) is 21.5. The molecular weight excluding hydrogens is 418 g/mol. The lowest BCUT2D eigenvalue weighted by molar-refractivity contribution is 0.171. The monoisotopic (exact) mass is 445 g/mol. The lowest BCUT2D eigenvalue weighted by atomic mass is 10.0. The van der Waals surface area contributed by atoms with Gasteiger partial charge in [-0.25, -0.2) is 17.9 Å². The Kier molecular flexibility index (Phi) is 6.33. The van der Waals surface area contributed by atoms with Gasteiger partial charge in [0.15, 0.2) is 11.5 Å². The molecule has 2 aliphatic rings. The van der Waals surface area contributed by atoms with E-state index in [1.165, 1.54) is 7.05 Å². The van der Waals surface area contributed by atoms with Crippen LogP contribution in [-0.4, -0.2) is 34.7 Å². The van der Waals surface area contributed by atoms with Crippen LogP contribution in [-0.2, 0) is 22.3 Å². The summed E-state index contributed by atoms with van der Waals surface area (Å²) in [7, 11) is -1.91. The topological polar surface area (TPSA) is 106 Å². The molecule has 0 aromatic heterocycles. The second-order valence-corrected chi connectivity index (χ2v) is 9.75. The van der Waals surface area contributed by atoms with Gasteiger partial charge in [-0.2, -0.15) is 0 Å². The average Bonchev–Trinajstić information content (AvgIpc) is 3.62. The fourth-order valence-electron chi connectivity index (χ4n) is 3.58. The molecule has 1 fully saturated rings. The molecule has 2 aromatic carbocycles. The maximum Gasteiger partial charge on any atom is 0.315 e. The lowest BCUT2D eigenvalue weighted by Gasteiger charge is -2.23. The minimum Gasteiger partial charge on any atom is -0.486 e. The van der Waals surface area contributed by atoms with Crippen LogP contribution >= 0.6 is 0 Å². The molecule has 0 radical (unpaired) electrons. The molecule has 0 bridgehead atoms. The van der Waals surface area contributed by atoms with Gasteiger partial charge in [0.25, 0.3) is 0 Å². The van der Waals surface area contributed by atoms with E-state index in [0.29, 0.717) is 31.2 Å². The minimum absolute atomic E-state index is 0.0731. The standard InChI is InChI=1S/C22H27N3O5S/c1-23-31(27,28)14-16-4-2-15(3-5-16)13-24-22(26)25-21(17-6-7-17)18-8-9-19-20(12-18)30-11-10-29-19/h2-5,8-9,12,17,21,23H,6-7,10-11,13-14H2,1H3,(H2,24,25,26). The van der Waals surface area contributed by atoms with Gasteiger partial charge in [0.05, 0.1) is 11.8 Å². The van der Waals surface area contributed by atoms with Crippen LogP contribution in [0.5, 0.6) is 11.5 Å². The van der Waals surface area contributed by atoms with E-state index >= 15 is 0 Å². The van der Waals surface area contributed by atoms with Crippen molar-refractivity contribution in [1.29, 1.82) is 0 Å². The fourth-order valence-corrected chi connectivity index (χ4v) is 4.35. The Bertz CT molecular complexity index is 1040. The number of rotatable bonds is 8. The van der Waals surface area contributed by atoms with Crippen LogP contribution in [0.2, 0.25) is 0 Å². The normalized spacial score (nSPS) is 16.4. The molecular formula is C22H27N3O5S. The van der Waals surface area contributed by atoms with Gasteiger partial charge in [0.1, 0.15) is 13.2 Å². The van der Waals surface area contributed by atoms with Crippen molar-refractivity contribution in [3.63, 3.8) is 0 Å². The highest BCUT2D eigenvalue weighted by molar-refractivity contribution is 7.88. The molecule has 31 heavy (non-hydrogen) atoms. The minimum atomic E-state index is -3.31. The zero-order valence-electron chi connectivity index (χ0n) is 17.4. The summed E-state index contributed by atoms with van der Waals surface area (Å²) in [5, 5.41) is 5.97. The Labute approximate surface area is 182 Å². The Morgan fingerprint density at radius 1 is 1.03 bits per heavy atom. The molecule has 1 aliphatic carbocycles. The Morgan fingerprint density at radius 3 is 2.39 bits per heavy atom. The molecule has 1 heterocycles. The zero-order chi connectivity index (χ0) is 21.8. The highest BCUT2D eigenvalue weighted by Gasteiger charge is 2.34. The van der Waals surface area contributed by atoms with E-state index in [-0.39, 0.29) is 17.8 Å². The number of carbonyl (C=O) groups is 1. The summed E-state index contributed by atoms with van der Waals surface area (Å²) in [5.41, 5.74) is 2.59. The van der Waals surface area contributed by atoms with E-state index < -0.39 is 10.0 Å². The number of urea groups is 1. The van der Waals surface area contributed by atoms with Crippen LogP contribution in [0.3, 0.4) is 0 Å². The van der Waals surface area contributed by atoms with Crippen molar-refractivity contribution < 1.29 is 22.7 Å². The molecule has 1 saturated carbocycles. The lowest BCUT2D eigenvalue weighted by Crippen LogP contribution is -2.38. The Morgan fingerprint density at radius 2 is 1.71 bits per heavy atom. The van der Waals surface area contributed by atoms with Gasteiger partial charge in [0, 0.05) is 6.54 Å². The number of ether oxygens (including phenoxy) is 2. The molecule has 1 aliphatic heterocycles. The van der Waals surface area contributed by atoms with Crippen molar-refractivity contribution in [1.82, 2.24) is 15.4 Å². The Balaban J connectivity index is 1.34. The van der Waals surface area contributed by atoms with E-state index in [0.717, 1.165) is 35.5 Å². The molecule has 1 unspecified atom stereocenters. The van der Waals surface area contributed by atoms with Gasteiger partial charge in [-0.1, -0.05) is 30.3 Å². The fraction of sp³-hybridized carbons (Fsp3) is 0.409. The number of sulfonamides is 1. The molecule has 0 spiro atoms. The second kappa shape index (κ2) is 9.15. The van der Waals surface area contributed by atoms with Crippen LogP contribution in [0.15, 0.2) is 42.5 Å². The molecule has 9 heteroatoms. The predicted molar refractivity (Wildman–Crippen MR) is 116 cm³/mol. The third-order valence-corrected chi connectivity index (χ3v) is 6.78. The van der Waals surface area contributed by atoms with Gasteiger partial charge in [-0.15, -0.1) is 0 Å². The van der Waals surface area contributed by atoms with Crippen LogP contribution in [0, 0.1) is 5.92 Å². The molecule has 2 aromatic rings. The first-order valence-corrected chi connectivity index (χ1v) is 12.0.